The maximum absolute atomic E-state index is 12.0. The Labute approximate surface area is 88.9 Å². The number of halogens is 3. The van der Waals surface area contributed by atoms with Crippen molar-refractivity contribution in [2.45, 2.75) is 45.8 Å². The number of alkyl halides is 3. The van der Waals surface area contributed by atoms with E-state index in [9.17, 15) is 13.2 Å². The number of aliphatic hydroxyl groups excluding tert-OH is 1. The molecule has 0 aliphatic rings. The first-order valence-electron chi connectivity index (χ1n) is 5.07. The second-order valence-electron chi connectivity index (χ2n) is 4.74. The maximum atomic E-state index is 12.0. The largest absolute Gasteiger partial charge is 0.396 e. The van der Waals surface area contributed by atoms with Crippen molar-refractivity contribution in [1.29, 1.82) is 0 Å². The molecule has 0 amide bonds. The Kier molecular flexibility index (Phi) is 5.59. The fourth-order valence-electron chi connectivity index (χ4n) is 1.26. The van der Waals surface area contributed by atoms with Gasteiger partial charge in [-0.1, -0.05) is 13.8 Å². The summed E-state index contributed by atoms with van der Waals surface area (Å²) in [7, 11) is 0. The first-order valence-corrected chi connectivity index (χ1v) is 5.07. The van der Waals surface area contributed by atoms with E-state index in [1.165, 1.54) is 6.92 Å². The summed E-state index contributed by atoms with van der Waals surface area (Å²) < 4.78 is 36.0. The molecule has 0 saturated heterocycles. The Morgan fingerprint density at radius 2 is 1.80 bits per heavy atom. The third kappa shape index (κ3) is 8.69. The highest BCUT2D eigenvalue weighted by Gasteiger charge is 2.30. The predicted octanol–water partition coefficient (Wildman–Crippen LogP) is 2.33. The van der Waals surface area contributed by atoms with Crippen LogP contribution in [0.15, 0.2) is 0 Å². The summed E-state index contributed by atoms with van der Waals surface area (Å²) in [6, 6.07) is -0.581. The third-order valence-electron chi connectivity index (χ3n) is 2.26. The van der Waals surface area contributed by atoms with Crippen LogP contribution in [0.5, 0.6) is 0 Å². The molecule has 2 nitrogen and oxygen atoms in total. The second-order valence-corrected chi connectivity index (χ2v) is 4.74. The molecule has 0 aliphatic carbocycles. The Morgan fingerprint density at radius 3 is 2.20 bits per heavy atom. The predicted molar refractivity (Wildman–Crippen MR) is 53.6 cm³/mol. The highest BCUT2D eigenvalue weighted by Crippen LogP contribution is 2.23. The summed E-state index contributed by atoms with van der Waals surface area (Å²) >= 11 is 0. The van der Waals surface area contributed by atoms with Gasteiger partial charge < -0.3 is 10.4 Å². The Balaban J connectivity index is 3.84. The molecule has 1 atom stereocenters. The summed E-state index contributed by atoms with van der Waals surface area (Å²) in [6.45, 7) is 5.88. The molecule has 0 bridgehead atoms. The maximum Gasteiger partial charge on any atom is 0.390 e. The average molecular weight is 227 g/mol. The topological polar surface area (TPSA) is 32.3 Å². The lowest BCUT2D eigenvalue weighted by atomic mass is 9.89. The van der Waals surface area contributed by atoms with Crippen LogP contribution in [0, 0.1) is 5.41 Å². The van der Waals surface area contributed by atoms with Crippen molar-refractivity contribution in [3.63, 3.8) is 0 Å². The lowest BCUT2D eigenvalue weighted by Crippen LogP contribution is -2.38. The van der Waals surface area contributed by atoms with Gasteiger partial charge in [0.05, 0.1) is 6.42 Å². The van der Waals surface area contributed by atoms with E-state index < -0.39 is 18.6 Å². The molecule has 92 valence electrons. The van der Waals surface area contributed by atoms with Crippen molar-refractivity contribution in [1.82, 2.24) is 5.32 Å². The van der Waals surface area contributed by atoms with Crippen molar-refractivity contribution in [2.75, 3.05) is 13.2 Å². The van der Waals surface area contributed by atoms with Crippen molar-refractivity contribution in [2.24, 2.45) is 5.41 Å². The number of aliphatic hydroxyl groups is 1. The highest BCUT2D eigenvalue weighted by atomic mass is 19.4. The summed E-state index contributed by atoms with van der Waals surface area (Å²) in [4.78, 5) is 0. The molecule has 0 spiro atoms. The first-order chi connectivity index (χ1) is 6.66. The lowest BCUT2D eigenvalue weighted by molar-refractivity contribution is -0.139. The zero-order chi connectivity index (χ0) is 12.1. The van der Waals surface area contributed by atoms with Crippen molar-refractivity contribution >= 4 is 0 Å². The number of hydrogen-bond acceptors (Lipinski definition) is 2. The molecule has 0 aromatic carbocycles. The SMILES string of the molecule is CC(CC(F)(F)F)NCC(C)(C)CCO. The molecule has 0 heterocycles. The Hall–Kier alpha value is -0.290. The van der Waals surface area contributed by atoms with Gasteiger partial charge in [-0.25, -0.2) is 0 Å². The van der Waals surface area contributed by atoms with Gasteiger partial charge in [0, 0.05) is 19.2 Å². The van der Waals surface area contributed by atoms with Gasteiger partial charge >= 0.3 is 6.18 Å². The summed E-state index contributed by atoms with van der Waals surface area (Å²) in [5, 5.41) is 11.6. The molecule has 0 rings (SSSR count). The Morgan fingerprint density at radius 1 is 1.27 bits per heavy atom. The molecule has 0 radical (unpaired) electrons. The number of nitrogens with one attached hydrogen (secondary N) is 1. The molecular weight excluding hydrogens is 207 g/mol. The lowest BCUT2D eigenvalue weighted by Gasteiger charge is -2.26. The fraction of sp³-hybridized carbons (Fsp3) is 1.00. The van der Waals surface area contributed by atoms with E-state index in [4.69, 9.17) is 5.11 Å². The van der Waals surface area contributed by atoms with Crippen molar-refractivity contribution < 1.29 is 18.3 Å². The van der Waals surface area contributed by atoms with Crippen molar-refractivity contribution in [3.05, 3.63) is 0 Å². The van der Waals surface area contributed by atoms with Gasteiger partial charge in [-0.2, -0.15) is 13.2 Å². The molecule has 0 aliphatic heterocycles. The first kappa shape index (κ1) is 14.7. The molecule has 0 aromatic rings. The van der Waals surface area contributed by atoms with E-state index in [1.54, 1.807) is 0 Å². The molecule has 2 N–H and O–H groups in total. The van der Waals surface area contributed by atoms with Crippen LogP contribution in [-0.2, 0) is 0 Å². The third-order valence-corrected chi connectivity index (χ3v) is 2.26. The van der Waals surface area contributed by atoms with E-state index >= 15 is 0 Å². The molecular formula is C10H20F3NO. The van der Waals surface area contributed by atoms with Gasteiger partial charge in [-0.3, -0.25) is 0 Å². The number of hydrogen-bond donors (Lipinski definition) is 2. The van der Waals surface area contributed by atoms with E-state index in [2.05, 4.69) is 5.32 Å². The molecule has 15 heavy (non-hydrogen) atoms. The van der Waals surface area contributed by atoms with Crippen LogP contribution in [0.4, 0.5) is 13.2 Å². The quantitative estimate of drug-likeness (QED) is 0.730. The number of rotatable bonds is 6. The van der Waals surface area contributed by atoms with E-state index in [1.807, 2.05) is 13.8 Å². The van der Waals surface area contributed by atoms with Gasteiger partial charge in [-0.05, 0) is 18.8 Å². The minimum Gasteiger partial charge on any atom is -0.396 e. The van der Waals surface area contributed by atoms with E-state index in [0.29, 0.717) is 13.0 Å². The van der Waals surface area contributed by atoms with Crippen LogP contribution < -0.4 is 5.32 Å². The van der Waals surface area contributed by atoms with E-state index in [-0.39, 0.29) is 12.0 Å². The molecule has 0 aromatic heterocycles. The molecule has 0 saturated carbocycles. The summed E-state index contributed by atoms with van der Waals surface area (Å²) in [5.41, 5.74) is -0.172. The van der Waals surface area contributed by atoms with Crippen LogP contribution in [0.25, 0.3) is 0 Å². The highest BCUT2D eigenvalue weighted by molar-refractivity contribution is 4.74. The van der Waals surface area contributed by atoms with Gasteiger partial charge in [0.15, 0.2) is 0 Å². The zero-order valence-corrected chi connectivity index (χ0v) is 9.49. The van der Waals surface area contributed by atoms with Crippen molar-refractivity contribution in [3.8, 4) is 0 Å². The second kappa shape index (κ2) is 5.70. The van der Waals surface area contributed by atoms with Gasteiger partial charge in [0.2, 0.25) is 0 Å². The molecule has 1 unspecified atom stereocenters. The minimum atomic E-state index is -4.12. The smallest absolute Gasteiger partial charge is 0.390 e. The van der Waals surface area contributed by atoms with Gasteiger partial charge in [0.25, 0.3) is 0 Å². The minimum absolute atomic E-state index is 0.0579. The van der Waals surface area contributed by atoms with Gasteiger partial charge in [-0.15, -0.1) is 0 Å². The van der Waals surface area contributed by atoms with E-state index in [0.717, 1.165) is 0 Å². The molecule has 5 heteroatoms. The fourth-order valence-corrected chi connectivity index (χ4v) is 1.26. The van der Waals surface area contributed by atoms with Gasteiger partial charge in [0.1, 0.15) is 0 Å². The van der Waals surface area contributed by atoms with Crippen LogP contribution in [0.1, 0.15) is 33.6 Å². The van der Waals surface area contributed by atoms with Crippen LogP contribution >= 0.6 is 0 Å². The molecule has 0 fully saturated rings. The zero-order valence-electron chi connectivity index (χ0n) is 9.49. The summed E-state index contributed by atoms with van der Waals surface area (Å²) in [6.07, 6.45) is -4.35. The Bertz CT molecular complexity index is 180. The van der Waals surface area contributed by atoms with Crippen LogP contribution in [-0.4, -0.2) is 30.5 Å². The van der Waals surface area contributed by atoms with Crippen LogP contribution in [0.3, 0.4) is 0 Å². The standard InChI is InChI=1S/C10H20F3NO/c1-8(6-10(11,12)13)14-7-9(2,3)4-5-15/h8,14-15H,4-7H2,1-3H3. The monoisotopic (exact) mass is 227 g/mol. The van der Waals surface area contributed by atoms with Crippen LogP contribution in [0.2, 0.25) is 0 Å². The summed E-state index contributed by atoms with van der Waals surface area (Å²) in [5.74, 6) is 0. The normalized spacial score (nSPS) is 15.4. The average Bonchev–Trinajstić information content (AvgIpc) is 1.98.